The van der Waals surface area contributed by atoms with Gasteiger partial charge < -0.3 is 15.4 Å². The highest BCUT2D eigenvalue weighted by atomic mass is 32.2. The number of hydrogen-bond donors (Lipinski definition) is 2. The second-order valence-electron chi connectivity index (χ2n) is 5.26. The number of carbonyl (C=O) groups excluding carboxylic acids is 2. The Morgan fingerprint density at radius 2 is 2.13 bits per heavy atom. The summed E-state index contributed by atoms with van der Waals surface area (Å²) < 4.78 is 18.2. The molecule has 0 spiro atoms. The van der Waals surface area contributed by atoms with E-state index in [4.69, 9.17) is 4.74 Å². The van der Waals surface area contributed by atoms with Gasteiger partial charge >= 0.3 is 0 Å². The standard InChI is InChI=1S/C16H21FN2O3S/c17-12-4-6-13(7-5-12)22-9-10-23-11-15(20)19-14-3-1-2-8-18-16(14)21/h4-7,14H,1-3,8-11H2,(H,18,21)(H,19,20). The predicted octanol–water partition coefficient (Wildman–Crippen LogP) is 1.72. The van der Waals surface area contributed by atoms with Crippen molar-refractivity contribution in [2.75, 3.05) is 24.7 Å². The van der Waals surface area contributed by atoms with Crippen LogP contribution in [0.2, 0.25) is 0 Å². The van der Waals surface area contributed by atoms with E-state index in [0.717, 1.165) is 12.8 Å². The molecule has 1 unspecified atom stereocenters. The van der Waals surface area contributed by atoms with E-state index in [1.165, 1.54) is 23.9 Å². The summed E-state index contributed by atoms with van der Waals surface area (Å²) >= 11 is 1.44. The molecular formula is C16H21FN2O3S. The highest BCUT2D eigenvalue weighted by molar-refractivity contribution is 7.99. The molecule has 1 aliphatic rings. The van der Waals surface area contributed by atoms with Gasteiger partial charge in [-0.2, -0.15) is 0 Å². The van der Waals surface area contributed by atoms with Gasteiger partial charge in [-0.15, -0.1) is 11.8 Å². The van der Waals surface area contributed by atoms with Gasteiger partial charge in [0.25, 0.3) is 0 Å². The molecule has 2 N–H and O–H groups in total. The predicted molar refractivity (Wildman–Crippen MR) is 88.0 cm³/mol. The van der Waals surface area contributed by atoms with Crippen molar-refractivity contribution in [3.05, 3.63) is 30.1 Å². The Hall–Kier alpha value is -1.76. The first-order chi connectivity index (χ1) is 11.1. The van der Waals surface area contributed by atoms with Crippen LogP contribution in [0.4, 0.5) is 4.39 Å². The lowest BCUT2D eigenvalue weighted by atomic mass is 10.1. The van der Waals surface area contributed by atoms with E-state index in [1.54, 1.807) is 12.1 Å². The fourth-order valence-corrected chi connectivity index (χ4v) is 2.84. The molecule has 23 heavy (non-hydrogen) atoms. The normalized spacial score (nSPS) is 18.0. The van der Waals surface area contributed by atoms with Gasteiger partial charge in [-0.3, -0.25) is 9.59 Å². The minimum atomic E-state index is -0.416. The van der Waals surface area contributed by atoms with Crippen molar-refractivity contribution in [1.29, 1.82) is 0 Å². The third-order valence-electron chi connectivity index (χ3n) is 3.41. The molecule has 1 aromatic rings. The van der Waals surface area contributed by atoms with Crippen molar-refractivity contribution >= 4 is 23.6 Å². The summed E-state index contributed by atoms with van der Waals surface area (Å²) in [7, 11) is 0. The van der Waals surface area contributed by atoms with Crippen molar-refractivity contribution in [2.24, 2.45) is 0 Å². The molecule has 126 valence electrons. The molecule has 7 heteroatoms. The maximum atomic E-state index is 12.7. The lowest BCUT2D eigenvalue weighted by molar-refractivity contribution is -0.127. The minimum Gasteiger partial charge on any atom is -0.493 e. The first-order valence-electron chi connectivity index (χ1n) is 7.68. The van der Waals surface area contributed by atoms with E-state index in [2.05, 4.69) is 10.6 Å². The smallest absolute Gasteiger partial charge is 0.242 e. The van der Waals surface area contributed by atoms with Gasteiger partial charge in [-0.1, -0.05) is 0 Å². The maximum Gasteiger partial charge on any atom is 0.242 e. The molecule has 0 aromatic heterocycles. The topological polar surface area (TPSA) is 67.4 Å². The zero-order valence-electron chi connectivity index (χ0n) is 12.8. The Morgan fingerprint density at radius 1 is 1.35 bits per heavy atom. The summed E-state index contributed by atoms with van der Waals surface area (Å²) in [4.78, 5) is 23.6. The van der Waals surface area contributed by atoms with Crippen molar-refractivity contribution < 1.29 is 18.7 Å². The highest BCUT2D eigenvalue weighted by Gasteiger charge is 2.21. The molecule has 1 fully saturated rings. The Balaban J connectivity index is 1.59. The van der Waals surface area contributed by atoms with Crippen LogP contribution in [-0.2, 0) is 9.59 Å². The van der Waals surface area contributed by atoms with Crippen LogP contribution in [0.15, 0.2) is 24.3 Å². The van der Waals surface area contributed by atoms with E-state index in [9.17, 15) is 14.0 Å². The van der Waals surface area contributed by atoms with Gasteiger partial charge in [0.1, 0.15) is 17.6 Å². The Morgan fingerprint density at radius 3 is 2.91 bits per heavy atom. The van der Waals surface area contributed by atoms with E-state index >= 15 is 0 Å². The van der Waals surface area contributed by atoms with Crippen LogP contribution in [0.1, 0.15) is 19.3 Å². The fourth-order valence-electron chi connectivity index (χ4n) is 2.23. The number of nitrogens with one attached hydrogen (secondary N) is 2. The monoisotopic (exact) mass is 340 g/mol. The SMILES string of the molecule is O=C(CSCCOc1ccc(F)cc1)NC1CCCCNC1=O. The van der Waals surface area contributed by atoms with Gasteiger partial charge in [0.05, 0.1) is 12.4 Å². The van der Waals surface area contributed by atoms with Crippen LogP contribution < -0.4 is 15.4 Å². The maximum absolute atomic E-state index is 12.7. The lowest BCUT2D eigenvalue weighted by Crippen LogP contribution is -2.46. The number of halogens is 1. The molecule has 5 nitrogen and oxygen atoms in total. The lowest BCUT2D eigenvalue weighted by Gasteiger charge is -2.15. The van der Waals surface area contributed by atoms with E-state index in [1.807, 2.05) is 0 Å². The molecule has 1 aliphatic heterocycles. The van der Waals surface area contributed by atoms with Crippen LogP contribution in [0.25, 0.3) is 0 Å². The van der Waals surface area contributed by atoms with Crippen LogP contribution in [0.5, 0.6) is 5.75 Å². The van der Waals surface area contributed by atoms with Crippen LogP contribution in [-0.4, -0.2) is 42.5 Å². The van der Waals surface area contributed by atoms with Gasteiger partial charge in [0.2, 0.25) is 11.8 Å². The van der Waals surface area contributed by atoms with E-state index in [0.29, 0.717) is 31.1 Å². The highest BCUT2D eigenvalue weighted by Crippen LogP contribution is 2.12. The van der Waals surface area contributed by atoms with Crippen LogP contribution in [0.3, 0.4) is 0 Å². The Labute approximate surface area is 139 Å². The molecule has 1 saturated heterocycles. The van der Waals surface area contributed by atoms with E-state index in [-0.39, 0.29) is 23.4 Å². The number of amides is 2. The zero-order valence-corrected chi connectivity index (χ0v) is 13.7. The minimum absolute atomic E-state index is 0.0968. The first kappa shape index (κ1) is 17.6. The summed E-state index contributed by atoms with van der Waals surface area (Å²) in [6, 6.07) is 5.40. The van der Waals surface area contributed by atoms with Crippen molar-refractivity contribution in [3.63, 3.8) is 0 Å². The van der Waals surface area contributed by atoms with Crippen molar-refractivity contribution in [3.8, 4) is 5.75 Å². The van der Waals surface area contributed by atoms with Gasteiger partial charge in [-0.25, -0.2) is 4.39 Å². The molecule has 0 radical (unpaired) electrons. The molecule has 1 aromatic carbocycles. The second kappa shape index (κ2) is 9.39. The van der Waals surface area contributed by atoms with Gasteiger partial charge in [0.15, 0.2) is 0 Å². The molecule has 2 amide bonds. The van der Waals surface area contributed by atoms with Crippen molar-refractivity contribution in [2.45, 2.75) is 25.3 Å². The van der Waals surface area contributed by atoms with Gasteiger partial charge in [-0.05, 0) is 43.5 Å². The molecule has 0 saturated carbocycles. The summed E-state index contributed by atoms with van der Waals surface area (Å²) in [6.07, 6.45) is 2.58. The average molecular weight is 340 g/mol. The molecule has 0 bridgehead atoms. The molecule has 2 rings (SSSR count). The summed E-state index contributed by atoms with van der Waals surface area (Å²) in [5, 5.41) is 5.56. The second-order valence-corrected chi connectivity index (χ2v) is 6.37. The number of benzene rings is 1. The quantitative estimate of drug-likeness (QED) is 0.742. The largest absolute Gasteiger partial charge is 0.493 e. The Kier molecular flexibility index (Phi) is 7.19. The first-order valence-corrected chi connectivity index (χ1v) is 8.84. The molecular weight excluding hydrogens is 319 g/mol. The summed E-state index contributed by atoms with van der Waals surface area (Å²) in [5.74, 6) is 0.995. The average Bonchev–Trinajstić information content (AvgIpc) is 2.74. The summed E-state index contributed by atoms with van der Waals surface area (Å²) in [6.45, 7) is 1.12. The zero-order chi connectivity index (χ0) is 16.5. The number of rotatable bonds is 7. The molecule has 0 aliphatic carbocycles. The molecule has 1 heterocycles. The number of ether oxygens (including phenoxy) is 1. The van der Waals surface area contributed by atoms with Crippen LogP contribution in [0, 0.1) is 5.82 Å². The Bertz CT molecular complexity index is 525. The number of thioether (sulfide) groups is 1. The van der Waals surface area contributed by atoms with E-state index < -0.39 is 6.04 Å². The van der Waals surface area contributed by atoms with Gasteiger partial charge in [0, 0.05) is 12.3 Å². The molecule has 1 atom stereocenters. The number of carbonyl (C=O) groups is 2. The summed E-state index contributed by atoms with van der Waals surface area (Å²) in [5.41, 5.74) is 0. The third kappa shape index (κ3) is 6.48. The fraction of sp³-hybridized carbons (Fsp3) is 0.500. The number of hydrogen-bond acceptors (Lipinski definition) is 4. The van der Waals surface area contributed by atoms with Crippen LogP contribution >= 0.6 is 11.8 Å². The van der Waals surface area contributed by atoms with Crippen molar-refractivity contribution in [1.82, 2.24) is 10.6 Å². The third-order valence-corrected chi connectivity index (χ3v) is 4.34.